The zero-order valence-corrected chi connectivity index (χ0v) is 14.2. The van der Waals surface area contributed by atoms with Crippen LogP contribution in [-0.4, -0.2) is 56.2 Å². The smallest absolute Gasteiger partial charge is 0.342 e. The van der Waals surface area contributed by atoms with Crippen molar-refractivity contribution >= 4 is 29.2 Å². The minimum absolute atomic E-state index is 0.0856. The summed E-state index contributed by atoms with van der Waals surface area (Å²) in [5.74, 6) is 0.184. The number of esters is 1. The van der Waals surface area contributed by atoms with Gasteiger partial charge in [0.25, 0.3) is 5.91 Å². The fourth-order valence-corrected chi connectivity index (χ4v) is 3.95. The van der Waals surface area contributed by atoms with Gasteiger partial charge in [-0.2, -0.15) is 0 Å². The van der Waals surface area contributed by atoms with Gasteiger partial charge in [-0.05, 0) is 44.0 Å². The van der Waals surface area contributed by atoms with Crippen LogP contribution in [0.3, 0.4) is 0 Å². The van der Waals surface area contributed by atoms with Crippen LogP contribution in [0.4, 0.5) is 5.69 Å². The van der Waals surface area contributed by atoms with E-state index in [0.29, 0.717) is 22.4 Å². The number of benzene rings is 1. The predicted molar refractivity (Wildman–Crippen MR) is 88.7 cm³/mol. The van der Waals surface area contributed by atoms with E-state index in [1.807, 2.05) is 0 Å². The van der Waals surface area contributed by atoms with Crippen LogP contribution in [0.1, 0.15) is 23.2 Å². The lowest BCUT2D eigenvalue weighted by molar-refractivity contribution is -0.121. The molecule has 1 aromatic carbocycles. The van der Waals surface area contributed by atoms with Gasteiger partial charge in [0.1, 0.15) is 11.7 Å². The van der Waals surface area contributed by atoms with E-state index in [2.05, 4.69) is 4.90 Å². The molecule has 3 saturated heterocycles. The Kier molecular flexibility index (Phi) is 3.89. The summed E-state index contributed by atoms with van der Waals surface area (Å²) in [5, 5.41) is 0.375. The van der Waals surface area contributed by atoms with E-state index in [1.165, 1.54) is 4.90 Å². The summed E-state index contributed by atoms with van der Waals surface area (Å²) in [6.07, 6.45) is 2.05. The third-order valence-corrected chi connectivity index (χ3v) is 5.40. The van der Waals surface area contributed by atoms with E-state index in [9.17, 15) is 9.59 Å². The number of carbonyl (C=O) groups is 2. The lowest BCUT2D eigenvalue weighted by atomic mass is 9.86. The number of ether oxygens (including phenoxy) is 2. The highest BCUT2D eigenvalue weighted by molar-refractivity contribution is 6.31. The maximum absolute atomic E-state index is 12.7. The number of amides is 1. The second-order valence-corrected chi connectivity index (χ2v) is 7.06. The summed E-state index contributed by atoms with van der Waals surface area (Å²) >= 11 is 6.14. The van der Waals surface area contributed by atoms with E-state index in [1.54, 1.807) is 19.2 Å². The highest BCUT2D eigenvalue weighted by atomic mass is 35.5. The Labute approximate surface area is 145 Å². The van der Waals surface area contributed by atoms with Gasteiger partial charge in [-0.25, -0.2) is 4.79 Å². The van der Waals surface area contributed by atoms with Crippen LogP contribution < -0.4 is 9.64 Å². The van der Waals surface area contributed by atoms with Gasteiger partial charge in [-0.1, -0.05) is 11.6 Å². The molecule has 1 amide bonds. The van der Waals surface area contributed by atoms with Crippen molar-refractivity contribution in [2.24, 2.45) is 5.92 Å². The first-order valence-electron chi connectivity index (χ1n) is 8.19. The molecule has 0 aromatic heterocycles. The van der Waals surface area contributed by atoms with Gasteiger partial charge >= 0.3 is 5.97 Å². The van der Waals surface area contributed by atoms with Gasteiger partial charge in [0.2, 0.25) is 0 Å². The van der Waals surface area contributed by atoms with Crippen molar-refractivity contribution in [1.29, 1.82) is 0 Å². The third kappa shape index (κ3) is 2.63. The molecule has 0 aliphatic carbocycles. The molecule has 1 aromatic rings. The Morgan fingerprint density at radius 1 is 1.33 bits per heavy atom. The largest absolute Gasteiger partial charge is 0.481 e. The van der Waals surface area contributed by atoms with E-state index in [0.717, 1.165) is 32.5 Å². The molecule has 2 bridgehead atoms. The summed E-state index contributed by atoms with van der Waals surface area (Å²) in [6, 6.07) is 3.17. The van der Waals surface area contributed by atoms with Crippen molar-refractivity contribution in [3.05, 3.63) is 22.7 Å². The van der Waals surface area contributed by atoms with Crippen molar-refractivity contribution in [2.45, 2.75) is 18.9 Å². The number of anilines is 1. The maximum atomic E-state index is 12.7. The molecule has 5 rings (SSSR count). The Hall–Kier alpha value is -1.79. The minimum Gasteiger partial charge on any atom is -0.481 e. The van der Waals surface area contributed by atoms with Crippen LogP contribution in [0.2, 0.25) is 5.02 Å². The second-order valence-electron chi connectivity index (χ2n) is 6.62. The molecule has 1 unspecified atom stereocenters. The van der Waals surface area contributed by atoms with Gasteiger partial charge in [-0.15, -0.1) is 0 Å². The van der Waals surface area contributed by atoms with Gasteiger partial charge in [-0.3, -0.25) is 9.69 Å². The van der Waals surface area contributed by atoms with Crippen molar-refractivity contribution < 1.29 is 19.1 Å². The molecular formula is C17H19ClN2O4. The number of hydrogen-bond donors (Lipinski definition) is 0. The lowest BCUT2D eigenvalue weighted by Gasteiger charge is -2.44. The number of rotatable bonds is 2. The molecule has 4 aliphatic heterocycles. The number of nitrogens with zero attached hydrogens (tertiary/aromatic N) is 2. The average Bonchev–Trinajstić information content (AvgIpc) is 2.59. The molecule has 128 valence electrons. The van der Waals surface area contributed by atoms with Crippen molar-refractivity contribution in [3.8, 4) is 5.75 Å². The standard InChI is InChI=1S/C17H19ClN2O4/c1-19-13-7-11(18)6-12(16(13)23-9-15(19)21)17(22)24-14-8-20-4-2-10(14)3-5-20/h6-7,10,14H,2-5,8-9H2,1H3. The summed E-state index contributed by atoms with van der Waals surface area (Å²) in [6.45, 7) is 2.87. The second kappa shape index (κ2) is 5.93. The topological polar surface area (TPSA) is 59.1 Å². The highest BCUT2D eigenvalue weighted by Gasteiger charge is 2.37. The average molecular weight is 351 g/mol. The number of likely N-dealkylation sites (N-methyl/N-ethyl adjacent to an activating group) is 1. The van der Waals surface area contributed by atoms with Crippen LogP contribution >= 0.6 is 11.6 Å². The summed E-state index contributed by atoms with van der Waals surface area (Å²) in [5.41, 5.74) is 0.785. The monoisotopic (exact) mass is 350 g/mol. The highest BCUT2D eigenvalue weighted by Crippen LogP contribution is 2.39. The normalized spacial score (nSPS) is 28.3. The first-order chi connectivity index (χ1) is 11.5. The third-order valence-electron chi connectivity index (χ3n) is 5.18. The molecule has 0 saturated carbocycles. The van der Waals surface area contributed by atoms with Gasteiger partial charge in [0.05, 0.1) is 5.69 Å². The van der Waals surface area contributed by atoms with E-state index >= 15 is 0 Å². The lowest BCUT2D eigenvalue weighted by Crippen LogP contribution is -2.52. The van der Waals surface area contributed by atoms with Crippen LogP contribution in [0.15, 0.2) is 12.1 Å². The maximum Gasteiger partial charge on any atom is 0.342 e. The zero-order valence-electron chi connectivity index (χ0n) is 13.5. The van der Waals surface area contributed by atoms with Crippen LogP contribution in [0, 0.1) is 5.92 Å². The number of halogens is 1. The Bertz CT molecular complexity index is 700. The Balaban J connectivity index is 1.61. The van der Waals surface area contributed by atoms with Crippen LogP contribution in [0.5, 0.6) is 5.75 Å². The van der Waals surface area contributed by atoms with Crippen LogP contribution in [-0.2, 0) is 9.53 Å². The van der Waals surface area contributed by atoms with Crippen molar-refractivity contribution in [2.75, 3.05) is 38.2 Å². The molecule has 4 heterocycles. The van der Waals surface area contributed by atoms with Crippen molar-refractivity contribution in [1.82, 2.24) is 4.90 Å². The van der Waals surface area contributed by atoms with Crippen LogP contribution in [0.25, 0.3) is 0 Å². The van der Waals surface area contributed by atoms with Gasteiger partial charge in [0, 0.05) is 18.6 Å². The predicted octanol–water partition coefficient (Wildman–Crippen LogP) is 1.95. The molecule has 4 aliphatic rings. The molecule has 7 heteroatoms. The van der Waals surface area contributed by atoms with E-state index < -0.39 is 5.97 Å². The summed E-state index contributed by atoms with van der Waals surface area (Å²) in [7, 11) is 1.64. The number of carbonyl (C=O) groups excluding carboxylic acids is 2. The Morgan fingerprint density at radius 3 is 2.75 bits per heavy atom. The van der Waals surface area contributed by atoms with Crippen molar-refractivity contribution in [3.63, 3.8) is 0 Å². The number of piperidine rings is 3. The molecule has 0 spiro atoms. The molecule has 0 N–H and O–H groups in total. The molecule has 6 nitrogen and oxygen atoms in total. The van der Waals surface area contributed by atoms with Gasteiger partial charge in [0.15, 0.2) is 12.4 Å². The van der Waals surface area contributed by atoms with E-state index in [4.69, 9.17) is 21.1 Å². The fraction of sp³-hybridized carbons (Fsp3) is 0.529. The SMILES string of the molecule is CN1C(=O)COc2c(C(=O)OC3CN4CCC3CC4)cc(Cl)cc21. The first kappa shape index (κ1) is 15.7. The quantitative estimate of drug-likeness (QED) is 0.763. The first-order valence-corrected chi connectivity index (χ1v) is 8.57. The molecular weight excluding hydrogens is 332 g/mol. The molecule has 0 radical (unpaired) electrons. The van der Waals surface area contributed by atoms with Gasteiger partial charge < -0.3 is 14.4 Å². The summed E-state index contributed by atoms with van der Waals surface area (Å²) in [4.78, 5) is 28.3. The van der Waals surface area contributed by atoms with E-state index in [-0.39, 0.29) is 24.2 Å². The molecule has 1 atom stereocenters. The zero-order chi connectivity index (χ0) is 16.8. The number of hydrogen-bond acceptors (Lipinski definition) is 5. The Morgan fingerprint density at radius 2 is 2.08 bits per heavy atom. The number of fused-ring (bicyclic) bond motifs is 4. The fourth-order valence-electron chi connectivity index (χ4n) is 3.74. The minimum atomic E-state index is -0.435. The molecule has 3 fully saturated rings. The molecule has 24 heavy (non-hydrogen) atoms. The summed E-state index contributed by atoms with van der Waals surface area (Å²) < 4.78 is 11.3.